The van der Waals surface area contributed by atoms with E-state index in [1.54, 1.807) is 0 Å². The predicted molar refractivity (Wildman–Crippen MR) is 52.8 cm³/mol. The second-order valence-electron chi connectivity index (χ2n) is 4.97. The normalized spacial score (nSPS) is 16.8. The molecule has 0 spiro atoms. The number of rotatable bonds is 1. The highest BCUT2D eigenvalue weighted by atomic mass is 16.5. The van der Waals surface area contributed by atoms with Gasteiger partial charge in [0.1, 0.15) is 12.4 Å². The van der Waals surface area contributed by atoms with Crippen molar-refractivity contribution in [2.45, 2.75) is 40.3 Å². The fourth-order valence-electron chi connectivity index (χ4n) is 1.66. The second kappa shape index (κ2) is 3.35. The highest BCUT2D eigenvalue weighted by molar-refractivity contribution is 4.98. The summed E-state index contributed by atoms with van der Waals surface area (Å²) in [5.41, 5.74) is 0.266. The van der Waals surface area contributed by atoms with Crippen LogP contribution < -0.4 is 0 Å². The third kappa shape index (κ3) is 1.95. The van der Waals surface area contributed by atoms with Gasteiger partial charge in [-0.05, 0) is 5.41 Å². The quantitative estimate of drug-likeness (QED) is 0.680. The van der Waals surface area contributed by atoms with Gasteiger partial charge in [-0.1, -0.05) is 20.8 Å². The van der Waals surface area contributed by atoms with E-state index >= 15 is 0 Å². The minimum absolute atomic E-state index is 0.266. The molecule has 1 aliphatic heterocycles. The van der Waals surface area contributed by atoms with Crippen molar-refractivity contribution in [1.82, 2.24) is 14.8 Å². The molecule has 1 aliphatic rings. The van der Waals surface area contributed by atoms with Crippen molar-refractivity contribution in [3.63, 3.8) is 0 Å². The van der Waals surface area contributed by atoms with Crippen molar-refractivity contribution in [1.29, 1.82) is 0 Å². The standard InChI is InChI=1S/C10H17N3O/c1-10(2,3)6-8-11-12-9-7-14-5-4-13(8)9/h4-7H2,1-3H3. The first-order valence-corrected chi connectivity index (χ1v) is 5.05. The van der Waals surface area contributed by atoms with Gasteiger partial charge in [-0.2, -0.15) is 0 Å². The summed E-state index contributed by atoms with van der Waals surface area (Å²) in [6.07, 6.45) is 0.972. The van der Waals surface area contributed by atoms with Gasteiger partial charge in [-0.3, -0.25) is 0 Å². The Labute approximate surface area is 84.3 Å². The summed E-state index contributed by atoms with van der Waals surface area (Å²) in [5, 5.41) is 8.34. The zero-order chi connectivity index (χ0) is 10.2. The minimum Gasteiger partial charge on any atom is -0.372 e. The van der Waals surface area contributed by atoms with E-state index in [4.69, 9.17) is 4.74 Å². The number of nitrogens with zero attached hydrogens (tertiary/aromatic N) is 3. The highest BCUT2D eigenvalue weighted by Crippen LogP contribution is 2.20. The Bertz CT molecular complexity index is 325. The Morgan fingerprint density at radius 2 is 2.14 bits per heavy atom. The lowest BCUT2D eigenvalue weighted by atomic mass is 9.92. The molecule has 0 radical (unpaired) electrons. The molecular formula is C10H17N3O. The summed E-state index contributed by atoms with van der Waals surface area (Å²) in [6.45, 7) is 8.93. The number of aromatic nitrogens is 3. The Kier molecular flexibility index (Phi) is 2.31. The molecule has 2 rings (SSSR count). The lowest BCUT2D eigenvalue weighted by Crippen LogP contribution is -2.21. The van der Waals surface area contributed by atoms with Gasteiger partial charge < -0.3 is 9.30 Å². The summed E-state index contributed by atoms with van der Waals surface area (Å²) in [7, 11) is 0. The maximum absolute atomic E-state index is 5.32. The van der Waals surface area contributed by atoms with Crippen molar-refractivity contribution in [3.8, 4) is 0 Å². The summed E-state index contributed by atoms with van der Waals surface area (Å²) >= 11 is 0. The van der Waals surface area contributed by atoms with Crippen LogP contribution in [0.5, 0.6) is 0 Å². The molecule has 0 saturated heterocycles. The van der Waals surface area contributed by atoms with Gasteiger partial charge in [0.2, 0.25) is 0 Å². The van der Waals surface area contributed by atoms with Gasteiger partial charge >= 0.3 is 0 Å². The van der Waals surface area contributed by atoms with Crippen LogP contribution in [0.25, 0.3) is 0 Å². The van der Waals surface area contributed by atoms with Crippen LogP contribution in [0.4, 0.5) is 0 Å². The molecule has 2 heterocycles. The molecule has 0 amide bonds. The molecule has 1 aromatic rings. The zero-order valence-corrected chi connectivity index (χ0v) is 9.08. The van der Waals surface area contributed by atoms with Crippen molar-refractivity contribution in [2.24, 2.45) is 5.41 Å². The third-order valence-electron chi connectivity index (χ3n) is 2.28. The zero-order valence-electron chi connectivity index (χ0n) is 9.08. The molecule has 78 valence electrons. The van der Waals surface area contributed by atoms with Crippen molar-refractivity contribution < 1.29 is 4.74 Å². The fourth-order valence-corrected chi connectivity index (χ4v) is 1.66. The van der Waals surface area contributed by atoms with E-state index < -0.39 is 0 Å². The van der Waals surface area contributed by atoms with Crippen LogP contribution in [-0.2, 0) is 24.3 Å². The molecule has 4 heteroatoms. The molecule has 0 bridgehead atoms. The van der Waals surface area contributed by atoms with Crippen LogP contribution in [-0.4, -0.2) is 21.4 Å². The fraction of sp³-hybridized carbons (Fsp3) is 0.800. The molecule has 0 unspecified atom stereocenters. The Morgan fingerprint density at radius 1 is 1.36 bits per heavy atom. The first-order valence-electron chi connectivity index (χ1n) is 5.05. The lowest BCUT2D eigenvalue weighted by Gasteiger charge is -2.20. The number of ether oxygens (including phenoxy) is 1. The molecule has 0 aromatic carbocycles. The summed E-state index contributed by atoms with van der Waals surface area (Å²) in [5.74, 6) is 2.06. The van der Waals surface area contributed by atoms with Crippen molar-refractivity contribution in [2.75, 3.05) is 6.61 Å². The molecule has 0 fully saturated rings. The van der Waals surface area contributed by atoms with Crippen LogP contribution in [0, 0.1) is 5.41 Å². The van der Waals surface area contributed by atoms with E-state index in [2.05, 4.69) is 35.5 Å². The average molecular weight is 195 g/mol. The molecule has 0 aliphatic carbocycles. The smallest absolute Gasteiger partial charge is 0.159 e. The number of fused-ring (bicyclic) bond motifs is 1. The van der Waals surface area contributed by atoms with E-state index in [1.165, 1.54) is 0 Å². The Hall–Kier alpha value is -0.900. The molecular weight excluding hydrogens is 178 g/mol. The first-order chi connectivity index (χ1) is 6.56. The van der Waals surface area contributed by atoms with Crippen LogP contribution in [0.1, 0.15) is 32.4 Å². The third-order valence-corrected chi connectivity index (χ3v) is 2.28. The van der Waals surface area contributed by atoms with Gasteiger partial charge in [0, 0.05) is 13.0 Å². The van der Waals surface area contributed by atoms with Crippen molar-refractivity contribution in [3.05, 3.63) is 11.6 Å². The monoisotopic (exact) mass is 195 g/mol. The maximum Gasteiger partial charge on any atom is 0.159 e. The van der Waals surface area contributed by atoms with Crippen LogP contribution in [0.2, 0.25) is 0 Å². The van der Waals surface area contributed by atoms with E-state index in [0.29, 0.717) is 6.61 Å². The predicted octanol–water partition coefficient (Wildman–Crippen LogP) is 1.40. The molecule has 4 nitrogen and oxygen atoms in total. The Balaban J connectivity index is 2.22. The number of hydrogen-bond acceptors (Lipinski definition) is 3. The summed E-state index contributed by atoms with van der Waals surface area (Å²) in [6, 6.07) is 0. The summed E-state index contributed by atoms with van der Waals surface area (Å²) < 4.78 is 7.51. The molecule has 1 aromatic heterocycles. The maximum atomic E-state index is 5.32. The van der Waals surface area contributed by atoms with Crippen LogP contribution >= 0.6 is 0 Å². The van der Waals surface area contributed by atoms with Crippen LogP contribution in [0.15, 0.2) is 0 Å². The minimum atomic E-state index is 0.266. The topological polar surface area (TPSA) is 39.9 Å². The van der Waals surface area contributed by atoms with Crippen LogP contribution in [0.3, 0.4) is 0 Å². The number of hydrogen-bond donors (Lipinski definition) is 0. The molecule has 0 N–H and O–H groups in total. The van der Waals surface area contributed by atoms with E-state index in [0.717, 1.165) is 31.2 Å². The lowest BCUT2D eigenvalue weighted by molar-refractivity contribution is 0.0801. The van der Waals surface area contributed by atoms with Gasteiger partial charge in [-0.15, -0.1) is 10.2 Å². The van der Waals surface area contributed by atoms with E-state index in [9.17, 15) is 0 Å². The highest BCUT2D eigenvalue weighted by Gasteiger charge is 2.20. The van der Waals surface area contributed by atoms with Gasteiger partial charge in [0.05, 0.1) is 6.61 Å². The van der Waals surface area contributed by atoms with Crippen molar-refractivity contribution >= 4 is 0 Å². The van der Waals surface area contributed by atoms with Gasteiger partial charge in [-0.25, -0.2) is 0 Å². The SMILES string of the molecule is CC(C)(C)Cc1nnc2n1CCOC2. The largest absolute Gasteiger partial charge is 0.372 e. The van der Waals surface area contributed by atoms with Gasteiger partial charge in [0.15, 0.2) is 5.82 Å². The molecule has 0 atom stereocenters. The van der Waals surface area contributed by atoms with E-state index in [-0.39, 0.29) is 5.41 Å². The molecule has 14 heavy (non-hydrogen) atoms. The van der Waals surface area contributed by atoms with E-state index in [1.807, 2.05) is 0 Å². The molecule has 0 saturated carbocycles. The average Bonchev–Trinajstić information content (AvgIpc) is 2.47. The van der Waals surface area contributed by atoms with Gasteiger partial charge in [0.25, 0.3) is 0 Å². The second-order valence-corrected chi connectivity index (χ2v) is 4.97. The first kappa shape index (κ1) is 9.65. The Morgan fingerprint density at radius 3 is 2.86 bits per heavy atom. The summed E-state index contributed by atoms with van der Waals surface area (Å²) in [4.78, 5) is 0.